The standard InChI is InChI=1S/C25H29N3O3S/c1-28(21-10-13-30-14-11-21)12-15-31-22-9-5-6-19(16-22)17-26-24(29)23-18-32-25(27-23)20-7-3-2-4-8-20/h2-9,16,18,21H,10-15,17H2,1H3,(H,26,29). The fourth-order valence-corrected chi connectivity index (χ4v) is 4.53. The number of amides is 1. The van der Waals surface area contributed by atoms with Crippen LogP contribution >= 0.6 is 11.3 Å². The molecular formula is C25H29N3O3S. The fourth-order valence-electron chi connectivity index (χ4n) is 3.73. The van der Waals surface area contributed by atoms with E-state index in [9.17, 15) is 4.79 Å². The zero-order valence-corrected chi connectivity index (χ0v) is 19.1. The predicted molar refractivity (Wildman–Crippen MR) is 127 cm³/mol. The Bertz CT molecular complexity index is 1000. The number of nitrogens with one attached hydrogen (secondary N) is 1. The summed E-state index contributed by atoms with van der Waals surface area (Å²) in [6, 6.07) is 18.3. The molecule has 7 heteroatoms. The third-order valence-corrected chi connectivity index (χ3v) is 6.53. The van der Waals surface area contributed by atoms with Crippen LogP contribution in [0, 0.1) is 0 Å². The second-order valence-electron chi connectivity index (χ2n) is 7.91. The van der Waals surface area contributed by atoms with Crippen molar-refractivity contribution in [2.45, 2.75) is 25.4 Å². The lowest BCUT2D eigenvalue weighted by atomic mass is 10.1. The molecule has 0 aliphatic carbocycles. The van der Waals surface area contributed by atoms with Crippen molar-refractivity contribution in [3.8, 4) is 16.3 Å². The number of ether oxygens (including phenoxy) is 2. The number of thiazole rings is 1. The highest BCUT2D eigenvalue weighted by atomic mass is 32.1. The van der Waals surface area contributed by atoms with Gasteiger partial charge in [-0.2, -0.15) is 0 Å². The smallest absolute Gasteiger partial charge is 0.271 e. The van der Waals surface area contributed by atoms with Gasteiger partial charge in [0, 0.05) is 43.3 Å². The average Bonchev–Trinajstić information content (AvgIpc) is 3.34. The molecule has 0 unspecified atom stereocenters. The van der Waals surface area contributed by atoms with E-state index in [-0.39, 0.29) is 5.91 Å². The third kappa shape index (κ3) is 6.16. The zero-order chi connectivity index (χ0) is 22.2. The van der Waals surface area contributed by atoms with Gasteiger partial charge in [-0.25, -0.2) is 4.98 Å². The fraction of sp³-hybridized carbons (Fsp3) is 0.360. The summed E-state index contributed by atoms with van der Waals surface area (Å²) in [7, 11) is 2.15. The molecule has 0 atom stereocenters. The maximum absolute atomic E-state index is 12.5. The SMILES string of the molecule is CN(CCOc1cccc(CNC(=O)c2csc(-c3ccccc3)n2)c1)C1CCOCC1. The maximum atomic E-state index is 12.5. The van der Waals surface area contributed by atoms with Crippen molar-refractivity contribution < 1.29 is 14.3 Å². The number of likely N-dealkylation sites (N-methyl/N-ethyl adjacent to an activating group) is 1. The minimum Gasteiger partial charge on any atom is -0.492 e. The molecule has 3 aromatic rings. The van der Waals surface area contributed by atoms with E-state index in [1.54, 1.807) is 5.38 Å². The molecule has 1 fully saturated rings. The minimum atomic E-state index is -0.173. The number of hydrogen-bond acceptors (Lipinski definition) is 6. The molecule has 168 valence electrons. The number of aromatic nitrogens is 1. The molecular weight excluding hydrogens is 422 g/mol. The Morgan fingerprint density at radius 3 is 2.81 bits per heavy atom. The first-order valence-electron chi connectivity index (χ1n) is 11.0. The van der Waals surface area contributed by atoms with Gasteiger partial charge in [-0.15, -0.1) is 11.3 Å². The van der Waals surface area contributed by atoms with Gasteiger partial charge in [-0.05, 0) is 37.6 Å². The molecule has 2 aromatic carbocycles. The van der Waals surface area contributed by atoms with Gasteiger partial charge in [0.05, 0.1) is 0 Å². The summed E-state index contributed by atoms with van der Waals surface area (Å²) < 4.78 is 11.4. The van der Waals surface area contributed by atoms with Crippen molar-refractivity contribution in [3.63, 3.8) is 0 Å². The van der Waals surface area contributed by atoms with E-state index < -0.39 is 0 Å². The molecule has 4 rings (SSSR count). The lowest BCUT2D eigenvalue weighted by molar-refractivity contribution is 0.0392. The summed E-state index contributed by atoms with van der Waals surface area (Å²) in [4.78, 5) is 19.4. The van der Waals surface area contributed by atoms with Gasteiger partial charge in [0.1, 0.15) is 23.1 Å². The van der Waals surface area contributed by atoms with Gasteiger partial charge in [-0.1, -0.05) is 42.5 Å². The van der Waals surface area contributed by atoms with E-state index in [2.05, 4.69) is 22.2 Å². The van der Waals surface area contributed by atoms with Crippen LogP contribution in [0.15, 0.2) is 60.0 Å². The lowest BCUT2D eigenvalue weighted by Crippen LogP contribution is -2.38. The molecule has 0 radical (unpaired) electrons. The topological polar surface area (TPSA) is 63.7 Å². The second-order valence-corrected chi connectivity index (χ2v) is 8.76. The van der Waals surface area contributed by atoms with E-state index in [4.69, 9.17) is 9.47 Å². The molecule has 32 heavy (non-hydrogen) atoms. The summed E-state index contributed by atoms with van der Waals surface area (Å²) in [5.74, 6) is 0.644. The van der Waals surface area contributed by atoms with Crippen LogP contribution in [-0.4, -0.2) is 55.2 Å². The summed E-state index contributed by atoms with van der Waals surface area (Å²) >= 11 is 1.47. The largest absolute Gasteiger partial charge is 0.492 e. The van der Waals surface area contributed by atoms with Crippen molar-refractivity contribution in [3.05, 3.63) is 71.2 Å². The first-order valence-corrected chi connectivity index (χ1v) is 11.9. The number of carbonyl (C=O) groups is 1. The number of hydrogen-bond donors (Lipinski definition) is 1. The Hall–Kier alpha value is -2.74. The molecule has 6 nitrogen and oxygen atoms in total. The molecule has 0 spiro atoms. The number of rotatable bonds is 9. The Balaban J connectivity index is 1.25. The van der Waals surface area contributed by atoms with Gasteiger partial charge < -0.3 is 14.8 Å². The quantitative estimate of drug-likeness (QED) is 0.528. The highest BCUT2D eigenvalue weighted by Crippen LogP contribution is 2.23. The van der Waals surface area contributed by atoms with Crippen LogP contribution in [0.3, 0.4) is 0 Å². The summed E-state index contributed by atoms with van der Waals surface area (Å²) in [6.45, 7) is 3.62. The molecule has 1 amide bonds. The van der Waals surface area contributed by atoms with E-state index in [1.165, 1.54) is 11.3 Å². The van der Waals surface area contributed by atoms with Gasteiger partial charge in [0.2, 0.25) is 0 Å². The molecule has 1 aliphatic heterocycles. The van der Waals surface area contributed by atoms with Crippen LogP contribution in [-0.2, 0) is 11.3 Å². The highest BCUT2D eigenvalue weighted by molar-refractivity contribution is 7.13. The van der Waals surface area contributed by atoms with Crippen molar-refractivity contribution in [2.75, 3.05) is 33.4 Å². The van der Waals surface area contributed by atoms with Crippen LogP contribution in [0.1, 0.15) is 28.9 Å². The van der Waals surface area contributed by atoms with E-state index in [1.807, 2.05) is 54.6 Å². The van der Waals surface area contributed by atoms with Gasteiger partial charge in [0.25, 0.3) is 5.91 Å². The van der Waals surface area contributed by atoms with Crippen LogP contribution in [0.5, 0.6) is 5.75 Å². The predicted octanol–water partition coefficient (Wildman–Crippen LogP) is 4.23. The first-order chi connectivity index (χ1) is 15.7. The van der Waals surface area contributed by atoms with Gasteiger partial charge in [-0.3, -0.25) is 9.69 Å². The maximum Gasteiger partial charge on any atom is 0.271 e. The lowest BCUT2D eigenvalue weighted by Gasteiger charge is -2.31. The molecule has 1 N–H and O–H groups in total. The van der Waals surface area contributed by atoms with E-state index in [0.29, 0.717) is 24.9 Å². The normalized spacial score (nSPS) is 14.4. The first kappa shape index (κ1) is 22.5. The third-order valence-electron chi connectivity index (χ3n) is 5.64. The Morgan fingerprint density at radius 1 is 1.19 bits per heavy atom. The number of nitrogens with zero attached hydrogens (tertiary/aromatic N) is 2. The van der Waals surface area contributed by atoms with Crippen molar-refractivity contribution in [1.82, 2.24) is 15.2 Å². The minimum absolute atomic E-state index is 0.173. The Kier molecular flexibility index (Phi) is 7.87. The zero-order valence-electron chi connectivity index (χ0n) is 18.3. The van der Waals surface area contributed by atoms with E-state index in [0.717, 1.165) is 54.5 Å². The van der Waals surface area contributed by atoms with Crippen molar-refractivity contribution in [2.24, 2.45) is 0 Å². The second kappa shape index (κ2) is 11.2. The Labute approximate surface area is 193 Å². The van der Waals surface area contributed by atoms with Crippen molar-refractivity contribution >= 4 is 17.2 Å². The van der Waals surface area contributed by atoms with Crippen LogP contribution < -0.4 is 10.1 Å². The Morgan fingerprint density at radius 2 is 2.00 bits per heavy atom. The summed E-state index contributed by atoms with van der Waals surface area (Å²) in [5.41, 5.74) is 2.45. The van der Waals surface area contributed by atoms with E-state index >= 15 is 0 Å². The number of benzene rings is 2. The van der Waals surface area contributed by atoms with Crippen LogP contribution in [0.25, 0.3) is 10.6 Å². The molecule has 0 bridgehead atoms. The number of carbonyl (C=O) groups excluding carboxylic acids is 1. The average molecular weight is 452 g/mol. The monoisotopic (exact) mass is 451 g/mol. The summed E-state index contributed by atoms with van der Waals surface area (Å²) in [6.07, 6.45) is 2.16. The van der Waals surface area contributed by atoms with Crippen molar-refractivity contribution in [1.29, 1.82) is 0 Å². The molecule has 0 saturated carbocycles. The molecule has 2 heterocycles. The van der Waals surface area contributed by atoms with Gasteiger partial charge in [0.15, 0.2) is 0 Å². The van der Waals surface area contributed by atoms with Crippen LogP contribution in [0.2, 0.25) is 0 Å². The summed E-state index contributed by atoms with van der Waals surface area (Å²) in [5, 5.41) is 5.60. The molecule has 1 saturated heterocycles. The van der Waals surface area contributed by atoms with Crippen LogP contribution in [0.4, 0.5) is 0 Å². The highest BCUT2D eigenvalue weighted by Gasteiger charge is 2.18. The molecule has 1 aliphatic rings. The molecule has 1 aromatic heterocycles. The van der Waals surface area contributed by atoms with Gasteiger partial charge >= 0.3 is 0 Å².